The van der Waals surface area contributed by atoms with Gasteiger partial charge in [0.15, 0.2) is 0 Å². The second-order valence-electron chi connectivity index (χ2n) is 8.34. The van der Waals surface area contributed by atoms with Crippen LogP contribution in [-0.4, -0.2) is 52.8 Å². The number of ether oxygens (including phenoxy) is 2. The van der Waals surface area contributed by atoms with Gasteiger partial charge in [0.25, 0.3) is 5.91 Å². The van der Waals surface area contributed by atoms with Crippen molar-refractivity contribution in [3.8, 4) is 28.7 Å². The third-order valence-electron chi connectivity index (χ3n) is 6.25. The molecule has 1 aliphatic rings. The summed E-state index contributed by atoms with van der Waals surface area (Å²) in [6.45, 7) is 1.18. The van der Waals surface area contributed by atoms with Gasteiger partial charge in [-0.05, 0) is 66.1 Å². The van der Waals surface area contributed by atoms with Gasteiger partial charge in [0.2, 0.25) is 0 Å². The number of carbonyl (C=O) groups is 1. The first-order chi connectivity index (χ1) is 16.4. The summed E-state index contributed by atoms with van der Waals surface area (Å²) in [5, 5.41) is 8.95. The van der Waals surface area contributed by atoms with Crippen molar-refractivity contribution in [1.29, 1.82) is 5.26 Å². The van der Waals surface area contributed by atoms with E-state index in [9.17, 15) is 9.00 Å². The fraction of sp³-hybridized carbons (Fsp3) is 0.259. The number of amides is 1. The summed E-state index contributed by atoms with van der Waals surface area (Å²) in [6.07, 6.45) is 2.29. The van der Waals surface area contributed by atoms with Crippen molar-refractivity contribution in [2.45, 2.75) is 11.2 Å². The Morgan fingerprint density at radius 3 is 2.15 bits per heavy atom. The van der Waals surface area contributed by atoms with Gasteiger partial charge in [-0.25, -0.2) is 0 Å². The lowest BCUT2D eigenvalue weighted by molar-refractivity contribution is 0.0786. The van der Waals surface area contributed by atoms with E-state index in [1.807, 2.05) is 36.4 Å². The van der Waals surface area contributed by atoms with Crippen molar-refractivity contribution < 1.29 is 18.5 Å². The molecule has 0 spiro atoms. The molecular weight excluding hydrogens is 448 g/mol. The van der Waals surface area contributed by atoms with E-state index >= 15 is 0 Å². The first-order valence-corrected chi connectivity index (χ1v) is 12.5. The Balaban J connectivity index is 1.41. The Morgan fingerprint density at radius 1 is 1.00 bits per heavy atom. The Labute approximate surface area is 202 Å². The van der Waals surface area contributed by atoms with E-state index in [4.69, 9.17) is 14.7 Å². The highest BCUT2D eigenvalue weighted by Gasteiger charge is 2.44. The summed E-state index contributed by atoms with van der Waals surface area (Å²) < 4.78 is 23.3. The quantitative estimate of drug-likeness (QED) is 0.511. The van der Waals surface area contributed by atoms with Gasteiger partial charge in [0, 0.05) is 35.7 Å². The zero-order valence-electron chi connectivity index (χ0n) is 19.2. The van der Waals surface area contributed by atoms with Crippen LogP contribution >= 0.6 is 0 Å². The van der Waals surface area contributed by atoms with Crippen LogP contribution in [0, 0.1) is 11.3 Å². The van der Waals surface area contributed by atoms with Crippen LogP contribution in [0.3, 0.4) is 0 Å². The molecule has 1 aliphatic heterocycles. The highest BCUT2D eigenvalue weighted by atomic mass is 32.2. The molecule has 0 aliphatic carbocycles. The van der Waals surface area contributed by atoms with Crippen molar-refractivity contribution >= 4 is 16.7 Å². The average molecular weight is 475 g/mol. The molecular formula is C27H26N2O4S. The number of likely N-dealkylation sites (tertiary alicyclic amines) is 1. The van der Waals surface area contributed by atoms with E-state index in [0.29, 0.717) is 42.1 Å². The van der Waals surface area contributed by atoms with Gasteiger partial charge < -0.3 is 14.4 Å². The first-order valence-electron chi connectivity index (χ1n) is 10.9. The molecule has 1 saturated heterocycles. The molecule has 34 heavy (non-hydrogen) atoms. The number of hydrogen-bond donors (Lipinski definition) is 0. The minimum atomic E-state index is -1.17. The molecule has 1 heterocycles. The molecule has 0 saturated carbocycles. The topological polar surface area (TPSA) is 79.6 Å². The van der Waals surface area contributed by atoms with Crippen LogP contribution < -0.4 is 9.47 Å². The lowest BCUT2D eigenvalue weighted by Crippen LogP contribution is -2.44. The Morgan fingerprint density at radius 2 is 1.59 bits per heavy atom. The SMILES string of the molecule is COc1ccc(C(=O)N2CCC(COc3ccc(-c4ccc(C#N)cc4)cc3)(S(C)=O)C2)cc1. The van der Waals surface area contributed by atoms with Crippen LogP contribution in [0.4, 0.5) is 0 Å². The normalized spacial score (nSPS) is 18.2. The molecule has 0 bridgehead atoms. The maximum Gasteiger partial charge on any atom is 0.253 e. The minimum Gasteiger partial charge on any atom is -0.497 e. The number of rotatable bonds is 7. The zero-order chi connectivity index (χ0) is 24.1. The van der Waals surface area contributed by atoms with Gasteiger partial charge in [-0.15, -0.1) is 0 Å². The number of nitriles is 1. The van der Waals surface area contributed by atoms with Crippen LogP contribution in [0.2, 0.25) is 0 Å². The van der Waals surface area contributed by atoms with Crippen molar-refractivity contribution in [1.82, 2.24) is 4.90 Å². The van der Waals surface area contributed by atoms with Crippen LogP contribution in [0.15, 0.2) is 72.8 Å². The molecule has 0 radical (unpaired) electrons. The summed E-state index contributed by atoms with van der Waals surface area (Å²) in [7, 11) is 0.412. The number of methoxy groups -OCH3 is 1. The van der Waals surface area contributed by atoms with Gasteiger partial charge in [0.05, 0.1) is 23.5 Å². The second kappa shape index (κ2) is 10.1. The lowest BCUT2D eigenvalue weighted by Gasteiger charge is -2.27. The predicted octanol–water partition coefficient (Wildman–Crippen LogP) is 4.28. The third kappa shape index (κ3) is 4.97. The Kier molecular flexibility index (Phi) is 6.99. The summed E-state index contributed by atoms with van der Waals surface area (Å²) in [5.41, 5.74) is 3.23. The Bertz CT molecular complexity index is 1220. The molecule has 1 fully saturated rings. The zero-order valence-corrected chi connectivity index (χ0v) is 20.0. The molecule has 3 aromatic rings. The van der Waals surface area contributed by atoms with Crippen LogP contribution in [-0.2, 0) is 10.8 Å². The molecule has 0 N–H and O–H groups in total. The van der Waals surface area contributed by atoms with E-state index in [1.165, 1.54) is 0 Å². The number of hydrogen-bond acceptors (Lipinski definition) is 5. The van der Waals surface area contributed by atoms with Gasteiger partial charge in [-0.1, -0.05) is 24.3 Å². The number of benzene rings is 3. The van der Waals surface area contributed by atoms with Crippen molar-refractivity contribution in [2.24, 2.45) is 0 Å². The molecule has 6 nitrogen and oxygen atoms in total. The van der Waals surface area contributed by atoms with Gasteiger partial charge >= 0.3 is 0 Å². The van der Waals surface area contributed by atoms with E-state index in [2.05, 4.69) is 6.07 Å². The summed E-state index contributed by atoms with van der Waals surface area (Å²) >= 11 is 0. The van der Waals surface area contributed by atoms with Crippen LogP contribution in [0.1, 0.15) is 22.3 Å². The average Bonchev–Trinajstić information content (AvgIpc) is 3.33. The van der Waals surface area contributed by atoms with Crippen molar-refractivity contribution in [2.75, 3.05) is 33.1 Å². The smallest absolute Gasteiger partial charge is 0.253 e. The summed E-state index contributed by atoms with van der Waals surface area (Å²) in [5.74, 6) is 1.30. The largest absolute Gasteiger partial charge is 0.497 e. The highest BCUT2D eigenvalue weighted by molar-refractivity contribution is 7.85. The van der Waals surface area contributed by atoms with E-state index < -0.39 is 15.5 Å². The molecule has 1 amide bonds. The monoisotopic (exact) mass is 474 g/mol. The molecule has 2 unspecified atom stereocenters. The van der Waals surface area contributed by atoms with Gasteiger partial charge in [0.1, 0.15) is 18.1 Å². The van der Waals surface area contributed by atoms with Gasteiger partial charge in [-0.3, -0.25) is 9.00 Å². The predicted molar refractivity (Wildman–Crippen MR) is 132 cm³/mol. The number of nitrogens with zero attached hydrogens (tertiary/aromatic N) is 2. The molecule has 4 rings (SSSR count). The third-order valence-corrected chi connectivity index (χ3v) is 7.92. The van der Waals surface area contributed by atoms with Crippen molar-refractivity contribution in [3.63, 3.8) is 0 Å². The molecule has 0 aromatic heterocycles. The minimum absolute atomic E-state index is 0.0817. The van der Waals surface area contributed by atoms with Gasteiger partial charge in [-0.2, -0.15) is 5.26 Å². The fourth-order valence-corrected chi connectivity index (χ4v) is 5.01. The molecule has 2 atom stereocenters. The van der Waals surface area contributed by atoms with E-state index in [1.54, 1.807) is 54.7 Å². The lowest BCUT2D eigenvalue weighted by atomic mass is 10.0. The molecule has 7 heteroatoms. The first kappa shape index (κ1) is 23.5. The highest BCUT2D eigenvalue weighted by Crippen LogP contribution is 2.30. The maximum atomic E-state index is 13.0. The van der Waals surface area contributed by atoms with Crippen LogP contribution in [0.25, 0.3) is 11.1 Å². The second-order valence-corrected chi connectivity index (χ2v) is 10.1. The van der Waals surface area contributed by atoms with Crippen LogP contribution in [0.5, 0.6) is 11.5 Å². The van der Waals surface area contributed by atoms with E-state index in [0.717, 1.165) is 11.1 Å². The molecule has 174 valence electrons. The number of carbonyl (C=O) groups excluding carboxylic acids is 1. The van der Waals surface area contributed by atoms with E-state index in [-0.39, 0.29) is 12.5 Å². The van der Waals surface area contributed by atoms with Crippen molar-refractivity contribution in [3.05, 3.63) is 83.9 Å². The standard InChI is InChI=1S/C27H26N2O4S/c1-32-24-11-9-23(10-12-24)26(30)29-16-15-27(18-29,34(2)31)19-33-25-13-7-22(8-14-25)21-5-3-20(17-28)4-6-21/h3-14H,15-16,18-19H2,1-2H3. The fourth-order valence-electron chi connectivity index (χ4n) is 4.07. The summed E-state index contributed by atoms with van der Waals surface area (Å²) in [4.78, 5) is 14.7. The summed E-state index contributed by atoms with van der Waals surface area (Å²) in [6, 6.07) is 24.2. The molecule has 3 aromatic carbocycles. The maximum absolute atomic E-state index is 13.0. The Hall–Kier alpha value is -3.63.